The molecule has 8 heteroatoms. The Labute approximate surface area is 146 Å². The summed E-state index contributed by atoms with van der Waals surface area (Å²) in [6.07, 6.45) is 2.87. The maximum Gasteiger partial charge on any atom is 0.276 e. The predicted molar refractivity (Wildman–Crippen MR) is 93.8 cm³/mol. The number of hydrogen-bond acceptors (Lipinski definition) is 5. The number of halogens is 1. The zero-order valence-corrected chi connectivity index (χ0v) is 14.7. The number of hydrogen-bond donors (Lipinski definition) is 2. The van der Waals surface area contributed by atoms with Crippen LogP contribution in [0, 0.1) is 0 Å². The van der Waals surface area contributed by atoms with E-state index in [0.29, 0.717) is 16.6 Å². The first-order valence-corrected chi connectivity index (χ1v) is 7.86. The summed E-state index contributed by atoms with van der Waals surface area (Å²) < 4.78 is 7.13. The fourth-order valence-corrected chi connectivity index (χ4v) is 2.48. The number of aromatic hydroxyl groups is 1. The fourth-order valence-electron chi connectivity index (χ4n) is 2.03. The molecule has 0 unspecified atom stereocenters. The highest BCUT2D eigenvalue weighted by Crippen LogP contribution is 2.32. The van der Waals surface area contributed by atoms with Gasteiger partial charge in [-0.3, -0.25) is 9.59 Å². The molecule has 0 fully saturated rings. The van der Waals surface area contributed by atoms with E-state index < -0.39 is 5.91 Å². The van der Waals surface area contributed by atoms with Crippen molar-refractivity contribution in [1.29, 1.82) is 0 Å². The number of phenolic OH excluding ortho intramolecular Hbond substituents is 1. The van der Waals surface area contributed by atoms with Gasteiger partial charge in [0.15, 0.2) is 11.5 Å². The monoisotopic (exact) mass is 393 g/mol. The van der Waals surface area contributed by atoms with Gasteiger partial charge < -0.3 is 14.4 Å². The van der Waals surface area contributed by atoms with Crippen molar-refractivity contribution < 1.29 is 14.6 Å². The summed E-state index contributed by atoms with van der Waals surface area (Å²) >= 11 is 3.29. The number of benzene rings is 1. The third kappa shape index (κ3) is 3.83. The number of methoxy groups -OCH3 is 1. The average molecular weight is 394 g/mol. The van der Waals surface area contributed by atoms with E-state index >= 15 is 0 Å². The van der Waals surface area contributed by atoms with Crippen molar-refractivity contribution in [2.24, 2.45) is 5.10 Å². The minimum absolute atomic E-state index is 0.00690. The summed E-state index contributed by atoms with van der Waals surface area (Å²) in [6.45, 7) is 2.28. The molecule has 0 saturated carbocycles. The lowest BCUT2D eigenvalue weighted by Gasteiger charge is -2.07. The van der Waals surface area contributed by atoms with E-state index in [-0.39, 0.29) is 22.6 Å². The van der Waals surface area contributed by atoms with E-state index in [9.17, 15) is 14.7 Å². The molecule has 1 aromatic heterocycles. The van der Waals surface area contributed by atoms with Crippen LogP contribution in [0.4, 0.5) is 0 Å². The molecule has 1 aromatic carbocycles. The number of carbonyl (C=O) groups excluding carboxylic acids is 1. The first-order chi connectivity index (χ1) is 11.5. The van der Waals surface area contributed by atoms with Gasteiger partial charge in [0.25, 0.3) is 11.5 Å². The quantitative estimate of drug-likeness (QED) is 0.600. The molecular formula is C16H16BrN3O4. The summed E-state index contributed by atoms with van der Waals surface area (Å²) in [5, 5.41) is 13.8. The molecule has 0 spiro atoms. The fraction of sp³-hybridized carbons (Fsp3) is 0.188. The number of pyridine rings is 1. The molecule has 0 aliphatic carbocycles. The summed E-state index contributed by atoms with van der Waals surface area (Å²) in [6, 6.07) is 6.26. The second-order valence-corrected chi connectivity index (χ2v) is 5.67. The highest BCUT2D eigenvalue weighted by molar-refractivity contribution is 9.10. The van der Waals surface area contributed by atoms with E-state index in [1.54, 1.807) is 24.4 Å². The molecule has 7 nitrogen and oxygen atoms in total. The van der Waals surface area contributed by atoms with Gasteiger partial charge in [0.1, 0.15) is 5.56 Å². The molecule has 0 atom stereocenters. The maximum atomic E-state index is 12.1. The van der Waals surface area contributed by atoms with Gasteiger partial charge >= 0.3 is 0 Å². The van der Waals surface area contributed by atoms with Gasteiger partial charge in [-0.05, 0) is 31.2 Å². The first kappa shape index (κ1) is 17.7. The summed E-state index contributed by atoms with van der Waals surface area (Å²) in [4.78, 5) is 24.1. The van der Waals surface area contributed by atoms with E-state index in [1.807, 2.05) is 6.92 Å². The lowest BCUT2D eigenvalue weighted by atomic mass is 10.2. The highest BCUT2D eigenvalue weighted by atomic mass is 79.9. The van der Waals surface area contributed by atoms with Gasteiger partial charge in [-0.15, -0.1) is 0 Å². The number of rotatable bonds is 5. The number of hydrazone groups is 1. The van der Waals surface area contributed by atoms with Crippen molar-refractivity contribution in [2.45, 2.75) is 13.5 Å². The SMILES string of the molecule is CCn1cccc(C(=O)N/N=C\c2cc(Br)cc(OC)c2O)c1=O. The molecule has 0 bridgehead atoms. The minimum Gasteiger partial charge on any atom is -0.504 e. The minimum atomic E-state index is -0.625. The Balaban J connectivity index is 2.19. The molecule has 0 radical (unpaired) electrons. The van der Waals surface area contributed by atoms with Crippen LogP contribution in [0.1, 0.15) is 22.8 Å². The van der Waals surface area contributed by atoms with Gasteiger partial charge in [0, 0.05) is 22.8 Å². The molecule has 126 valence electrons. The van der Waals surface area contributed by atoms with Crippen LogP contribution in [-0.4, -0.2) is 28.9 Å². The lowest BCUT2D eigenvalue weighted by molar-refractivity contribution is 0.0953. The number of amides is 1. The van der Waals surface area contributed by atoms with Gasteiger partial charge in [0.05, 0.1) is 13.3 Å². The van der Waals surface area contributed by atoms with Crippen LogP contribution in [0.2, 0.25) is 0 Å². The van der Waals surface area contributed by atoms with E-state index in [0.717, 1.165) is 0 Å². The molecular weight excluding hydrogens is 378 g/mol. The molecule has 2 aromatic rings. The Hall–Kier alpha value is -2.61. The van der Waals surface area contributed by atoms with Gasteiger partial charge in [-0.25, -0.2) is 5.43 Å². The van der Waals surface area contributed by atoms with Crippen LogP contribution in [0.15, 0.2) is 44.8 Å². The number of ether oxygens (including phenoxy) is 1. The largest absolute Gasteiger partial charge is 0.504 e. The summed E-state index contributed by atoms with van der Waals surface area (Å²) in [7, 11) is 1.43. The number of carbonyl (C=O) groups is 1. The number of phenols is 1. The summed E-state index contributed by atoms with van der Waals surface area (Å²) in [5.41, 5.74) is 2.23. The smallest absolute Gasteiger partial charge is 0.276 e. The van der Waals surface area contributed by atoms with Crippen molar-refractivity contribution in [3.05, 3.63) is 56.4 Å². The maximum absolute atomic E-state index is 12.1. The second-order valence-electron chi connectivity index (χ2n) is 4.76. The van der Waals surface area contributed by atoms with Crippen LogP contribution in [0.5, 0.6) is 11.5 Å². The van der Waals surface area contributed by atoms with Crippen molar-refractivity contribution in [3.8, 4) is 11.5 Å². The summed E-state index contributed by atoms with van der Waals surface area (Å²) in [5.74, 6) is -0.460. The Kier molecular flexibility index (Phi) is 5.75. The van der Waals surface area contributed by atoms with Gasteiger partial charge in [-0.1, -0.05) is 15.9 Å². The van der Waals surface area contributed by atoms with E-state index in [2.05, 4.69) is 26.5 Å². The Morgan fingerprint density at radius 2 is 2.25 bits per heavy atom. The third-order valence-electron chi connectivity index (χ3n) is 3.26. The molecule has 2 rings (SSSR count). The molecule has 1 amide bonds. The molecule has 1 heterocycles. The van der Waals surface area contributed by atoms with Crippen molar-refractivity contribution in [1.82, 2.24) is 9.99 Å². The standard InChI is InChI=1S/C16H16BrN3O4/c1-3-20-6-4-5-12(16(20)23)15(22)19-18-9-10-7-11(17)8-13(24-2)14(10)21/h4-9,21H,3H2,1-2H3,(H,19,22)/b18-9-. The molecule has 0 aliphatic heterocycles. The van der Waals surface area contributed by atoms with Crippen LogP contribution in [-0.2, 0) is 6.54 Å². The number of aryl methyl sites for hydroxylation is 1. The molecule has 24 heavy (non-hydrogen) atoms. The number of nitrogens with one attached hydrogen (secondary N) is 1. The Morgan fingerprint density at radius 1 is 1.50 bits per heavy atom. The second kappa shape index (κ2) is 7.78. The lowest BCUT2D eigenvalue weighted by Crippen LogP contribution is -2.30. The van der Waals surface area contributed by atoms with Crippen molar-refractivity contribution in [3.63, 3.8) is 0 Å². The van der Waals surface area contributed by atoms with Gasteiger partial charge in [-0.2, -0.15) is 5.10 Å². The topological polar surface area (TPSA) is 92.9 Å². The van der Waals surface area contributed by atoms with Crippen LogP contribution < -0.4 is 15.7 Å². The van der Waals surface area contributed by atoms with Crippen LogP contribution in [0.3, 0.4) is 0 Å². The molecule has 0 saturated heterocycles. The zero-order valence-electron chi connectivity index (χ0n) is 13.1. The van der Waals surface area contributed by atoms with E-state index in [4.69, 9.17) is 4.74 Å². The zero-order chi connectivity index (χ0) is 17.7. The predicted octanol–water partition coefficient (Wildman–Crippen LogP) is 2.11. The third-order valence-corrected chi connectivity index (χ3v) is 3.72. The molecule has 2 N–H and O–H groups in total. The number of nitrogens with zero attached hydrogens (tertiary/aromatic N) is 2. The van der Waals surface area contributed by atoms with Gasteiger partial charge in [0.2, 0.25) is 0 Å². The van der Waals surface area contributed by atoms with Crippen molar-refractivity contribution in [2.75, 3.05) is 7.11 Å². The van der Waals surface area contributed by atoms with Crippen LogP contribution >= 0.6 is 15.9 Å². The first-order valence-electron chi connectivity index (χ1n) is 7.07. The van der Waals surface area contributed by atoms with Crippen LogP contribution in [0.25, 0.3) is 0 Å². The Morgan fingerprint density at radius 3 is 2.92 bits per heavy atom. The normalized spacial score (nSPS) is 10.8. The number of aromatic nitrogens is 1. The highest BCUT2D eigenvalue weighted by Gasteiger charge is 2.11. The Bertz CT molecular complexity index is 846. The van der Waals surface area contributed by atoms with E-state index in [1.165, 1.54) is 24.0 Å². The average Bonchev–Trinajstić information content (AvgIpc) is 2.57. The van der Waals surface area contributed by atoms with Crippen molar-refractivity contribution >= 4 is 28.1 Å². The molecule has 0 aliphatic rings.